The Morgan fingerprint density at radius 3 is 2.65 bits per heavy atom. The third-order valence-electron chi connectivity index (χ3n) is 3.50. The van der Waals surface area contributed by atoms with E-state index in [-0.39, 0.29) is 0 Å². The zero-order valence-corrected chi connectivity index (χ0v) is 15.2. The van der Waals surface area contributed by atoms with Crippen molar-refractivity contribution in [2.75, 3.05) is 43.4 Å². The van der Waals surface area contributed by atoms with Crippen LogP contribution in [0.25, 0.3) is 0 Å². The molecule has 2 N–H and O–H groups in total. The van der Waals surface area contributed by atoms with Gasteiger partial charge in [0.2, 0.25) is 0 Å². The van der Waals surface area contributed by atoms with Crippen molar-refractivity contribution in [3.05, 3.63) is 23.2 Å². The summed E-state index contributed by atoms with van der Waals surface area (Å²) in [7, 11) is 0. The summed E-state index contributed by atoms with van der Waals surface area (Å²) in [6, 6.07) is 0. The predicted molar refractivity (Wildman–Crippen MR) is 99.8 cm³/mol. The summed E-state index contributed by atoms with van der Waals surface area (Å²) in [5.41, 5.74) is 6.12. The van der Waals surface area contributed by atoms with Crippen LogP contribution < -0.4 is 10.6 Å². The second-order valence-corrected chi connectivity index (χ2v) is 8.14. The van der Waals surface area contributed by atoms with Gasteiger partial charge in [0, 0.05) is 61.6 Å². The Kier molecular flexibility index (Phi) is 6.12. The summed E-state index contributed by atoms with van der Waals surface area (Å²) < 4.78 is 1.13. The number of aliphatic imine (C=N–C) groups is 1. The minimum atomic E-state index is 0.669. The van der Waals surface area contributed by atoms with Gasteiger partial charge in [0.05, 0.1) is 0 Å². The second-order valence-electron chi connectivity index (χ2n) is 5.03. The number of hydrogen-bond donors (Lipinski definition) is 1. The van der Waals surface area contributed by atoms with Gasteiger partial charge in [-0.15, -0.1) is 22.7 Å². The molecule has 0 aliphatic carbocycles. The molecule has 1 fully saturated rings. The smallest absolute Gasteiger partial charge is 0.191 e. The monoisotopic (exact) mass is 368 g/mol. The molecule has 3 heterocycles. The molecule has 0 radical (unpaired) electrons. The fourth-order valence-electron chi connectivity index (χ4n) is 2.30. The highest BCUT2D eigenvalue weighted by atomic mass is 32.2. The highest BCUT2D eigenvalue weighted by molar-refractivity contribution is 8.00. The third-order valence-corrected chi connectivity index (χ3v) is 6.39. The van der Waals surface area contributed by atoms with E-state index in [2.05, 4.69) is 24.8 Å². The lowest BCUT2D eigenvalue weighted by molar-refractivity contribution is 0.380. The number of thioether (sulfide) groups is 1. The molecule has 23 heavy (non-hydrogen) atoms. The van der Waals surface area contributed by atoms with E-state index in [1.165, 1.54) is 0 Å². The molecular weight excluding hydrogens is 348 g/mol. The summed E-state index contributed by atoms with van der Waals surface area (Å²) in [6.45, 7) is 4.48. The van der Waals surface area contributed by atoms with Crippen LogP contribution >= 0.6 is 34.4 Å². The average Bonchev–Trinajstić information content (AvgIpc) is 3.28. The molecule has 2 aromatic rings. The minimum absolute atomic E-state index is 0.669. The van der Waals surface area contributed by atoms with Crippen molar-refractivity contribution in [2.45, 2.75) is 10.8 Å². The van der Waals surface area contributed by atoms with E-state index in [0.717, 1.165) is 54.4 Å². The second kappa shape index (κ2) is 8.51. The van der Waals surface area contributed by atoms with Crippen LogP contribution in [0.2, 0.25) is 0 Å². The molecule has 1 saturated heterocycles. The first-order valence-electron chi connectivity index (χ1n) is 7.54. The molecule has 1 aliphatic rings. The highest BCUT2D eigenvalue weighted by Crippen LogP contribution is 2.21. The molecule has 0 saturated carbocycles. The lowest BCUT2D eigenvalue weighted by Gasteiger charge is -2.35. The topological polar surface area (TPSA) is 70.6 Å². The van der Waals surface area contributed by atoms with Gasteiger partial charge in [-0.2, -0.15) is 0 Å². The Labute approximate surface area is 148 Å². The predicted octanol–water partition coefficient (Wildman–Crippen LogP) is 2.22. The van der Waals surface area contributed by atoms with Gasteiger partial charge in [-0.3, -0.25) is 4.99 Å². The molecule has 124 valence electrons. The largest absolute Gasteiger partial charge is 0.370 e. The fourth-order valence-corrected chi connectivity index (χ4v) is 4.63. The molecule has 2 aromatic heterocycles. The number of thiazole rings is 2. The van der Waals surface area contributed by atoms with Gasteiger partial charge in [0.1, 0.15) is 4.34 Å². The van der Waals surface area contributed by atoms with Crippen molar-refractivity contribution < 1.29 is 0 Å². The molecule has 3 rings (SSSR count). The summed E-state index contributed by atoms with van der Waals surface area (Å²) >= 11 is 5.15. The van der Waals surface area contributed by atoms with E-state index in [1.54, 1.807) is 34.4 Å². The van der Waals surface area contributed by atoms with Crippen molar-refractivity contribution in [3.8, 4) is 0 Å². The van der Waals surface area contributed by atoms with Gasteiger partial charge in [-0.1, -0.05) is 11.8 Å². The molecule has 1 aliphatic heterocycles. The maximum absolute atomic E-state index is 6.12. The van der Waals surface area contributed by atoms with E-state index >= 15 is 0 Å². The Hall–Kier alpha value is -1.32. The van der Waals surface area contributed by atoms with Gasteiger partial charge in [0.15, 0.2) is 11.1 Å². The summed E-state index contributed by atoms with van der Waals surface area (Å²) in [5.74, 6) is 1.70. The number of aromatic nitrogens is 2. The number of nitrogens with zero attached hydrogens (tertiary/aromatic N) is 5. The minimum Gasteiger partial charge on any atom is -0.370 e. The zero-order valence-electron chi connectivity index (χ0n) is 12.8. The van der Waals surface area contributed by atoms with E-state index in [0.29, 0.717) is 5.96 Å². The van der Waals surface area contributed by atoms with Gasteiger partial charge in [-0.05, 0) is 6.42 Å². The maximum atomic E-state index is 6.12. The van der Waals surface area contributed by atoms with Gasteiger partial charge >= 0.3 is 0 Å². The van der Waals surface area contributed by atoms with Crippen molar-refractivity contribution in [2.24, 2.45) is 10.7 Å². The molecule has 0 amide bonds. The quantitative estimate of drug-likeness (QED) is 0.365. The molecule has 6 nitrogen and oxygen atoms in total. The van der Waals surface area contributed by atoms with Crippen LogP contribution in [-0.4, -0.2) is 59.3 Å². The van der Waals surface area contributed by atoms with Gasteiger partial charge < -0.3 is 15.5 Å². The number of anilines is 1. The lowest BCUT2D eigenvalue weighted by Crippen LogP contribution is -2.51. The molecule has 0 spiro atoms. The van der Waals surface area contributed by atoms with Crippen LogP contribution in [0.5, 0.6) is 0 Å². The first-order chi connectivity index (χ1) is 11.3. The van der Waals surface area contributed by atoms with Crippen molar-refractivity contribution in [1.29, 1.82) is 0 Å². The van der Waals surface area contributed by atoms with E-state index in [1.807, 2.05) is 23.2 Å². The number of hydrogen-bond acceptors (Lipinski definition) is 7. The molecule has 0 atom stereocenters. The Balaban J connectivity index is 1.36. The molecule has 0 bridgehead atoms. The molecular formula is C14H20N6S3. The van der Waals surface area contributed by atoms with Crippen LogP contribution in [0.1, 0.15) is 6.42 Å². The standard InChI is InChI=1S/C14H20N6S3/c15-12(16-2-1-9-22-14-18-4-11-23-14)19-5-7-20(8-6-19)13-17-3-10-21-13/h3-4,10-11H,1-2,5-9H2,(H2,15,16). The number of nitrogens with two attached hydrogens (primary N) is 1. The molecule has 9 heteroatoms. The van der Waals surface area contributed by atoms with E-state index in [4.69, 9.17) is 5.73 Å². The van der Waals surface area contributed by atoms with Crippen LogP contribution in [0.3, 0.4) is 0 Å². The number of rotatable bonds is 6. The first kappa shape index (κ1) is 16.5. The highest BCUT2D eigenvalue weighted by Gasteiger charge is 2.19. The van der Waals surface area contributed by atoms with Gasteiger partial charge in [0.25, 0.3) is 0 Å². The van der Waals surface area contributed by atoms with Crippen molar-refractivity contribution >= 4 is 45.5 Å². The maximum Gasteiger partial charge on any atom is 0.191 e. The Bertz CT molecular complexity index is 590. The first-order valence-corrected chi connectivity index (χ1v) is 10.3. The molecule has 0 aromatic carbocycles. The van der Waals surface area contributed by atoms with Crippen LogP contribution in [0.15, 0.2) is 32.5 Å². The zero-order chi connectivity index (χ0) is 15.9. The van der Waals surface area contributed by atoms with E-state index < -0.39 is 0 Å². The molecule has 0 unspecified atom stereocenters. The number of guanidine groups is 1. The fraction of sp³-hybridized carbons (Fsp3) is 0.500. The summed E-state index contributed by atoms with van der Waals surface area (Å²) in [6.07, 6.45) is 4.71. The summed E-state index contributed by atoms with van der Waals surface area (Å²) in [4.78, 5) is 17.6. The normalized spacial score (nSPS) is 16.1. The van der Waals surface area contributed by atoms with Crippen LogP contribution in [-0.2, 0) is 0 Å². The SMILES string of the molecule is NC(=NCCCSc1nccs1)N1CCN(c2nccs2)CC1. The summed E-state index contributed by atoms with van der Waals surface area (Å²) in [5, 5.41) is 5.12. The van der Waals surface area contributed by atoms with E-state index in [9.17, 15) is 0 Å². The Morgan fingerprint density at radius 1 is 1.17 bits per heavy atom. The van der Waals surface area contributed by atoms with Crippen molar-refractivity contribution in [3.63, 3.8) is 0 Å². The number of piperazine rings is 1. The third kappa shape index (κ3) is 4.82. The van der Waals surface area contributed by atoms with Crippen LogP contribution in [0.4, 0.5) is 5.13 Å². The van der Waals surface area contributed by atoms with Crippen LogP contribution in [0, 0.1) is 0 Å². The average molecular weight is 369 g/mol. The Morgan fingerprint density at radius 2 is 1.96 bits per heavy atom. The van der Waals surface area contributed by atoms with Crippen molar-refractivity contribution in [1.82, 2.24) is 14.9 Å². The lowest BCUT2D eigenvalue weighted by atomic mass is 10.3. The van der Waals surface area contributed by atoms with Gasteiger partial charge in [-0.25, -0.2) is 9.97 Å².